The fraction of sp³-hybridized carbons (Fsp3) is 0.657. The van der Waals surface area contributed by atoms with Crippen LogP contribution in [0.4, 0.5) is 0 Å². The Hall–Kier alpha value is -1.59. The van der Waals surface area contributed by atoms with Crippen LogP contribution in [0.2, 0.25) is 0 Å². The number of rotatable bonds is 14. The van der Waals surface area contributed by atoms with Crippen molar-refractivity contribution in [2.24, 2.45) is 11.8 Å². The summed E-state index contributed by atoms with van der Waals surface area (Å²) in [4.78, 5) is 0. The second-order valence-electron chi connectivity index (χ2n) is 12.8. The fourth-order valence-electron chi connectivity index (χ4n) is 7.58. The van der Waals surface area contributed by atoms with Gasteiger partial charge in [-0.3, -0.25) is 0 Å². The number of hydrogen-bond acceptors (Lipinski definition) is 4. The second kappa shape index (κ2) is 14.7. The Kier molecular flexibility index (Phi) is 11.1. The molecule has 2 aromatic rings. The summed E-state index contributed by atoms with van der Waals surface area (Å²) in [6.45, 7) is 12.5. The molecule has 222 valence electrons. The van der Waals surface area contributed by atoms with Gasteiger partial charge in [0.25, 0.3) is 0 Å². The lowest BCUT2D eigenvalue weighted by Gasteiger charge is -2.39. The summed E-state index contributed by atoms with van der Waals surface area (Å²) in [5.41, 5.74) is 8.08. The molecule has 4 nitrogen and oxygen atoms in total. The zero-order valence-electron chi connectivity index (χ0n) is 26.2. The summed E-state index contributed by atoms with van der Waals surface area (Å²) in [7, 11) is -0.529. The smallest absolute Gasteiger partial charge is 0.407 e. The van der Waals surface area contributed by atoms with Crippen LogP contribution in [0.15, 0.2) is 36.4 Å². The van der Waals surface area contributed by atoms with Crippen LogP contribution in [0.5, 0.6) is 0 Å². The van der Waals surface area contributed by atoms with Gasteiger partial charge in [-0.05, 0) is 70.7 Å². The van der Waals surface area contributed by atoms with E-state index >= 15 is 0 Å². The minimum atomic E-state index is -0.265. The van der Waals surface area contributed by atoms with Crippen molar-refractivity contribution >= 4 is 25.2 Å². The van der Waals surface area contributed by atoms with Crippen LogP contribution < -0.4 is 10.9 Å². The van der Waals surface area contributed by atoms with Gasteiger partial charge in [-0.2, -0.15) is 0 Å². The first-order chi connectivity index (χ1) is 20.1. The van der Waals surface area contributed by atoms with E-state index in [9.17, 15) is 0 Å². The van der Waals surface area contributed by atoms with Crippen LogP contribution in [0.3, 0.4) is 0 Å². The minimum Gasteiger partial charge on any atom is -0.407 e. The molecule has 2 aliphatic heterocycles. The average molecular weight is 558 g/mol. The number of fused-ring (bicyclic) bond motifs is 3. The van der Waals surface area contributed by atoms with Gasteiger partial charge < -0.3 is 18.6 Å². The molecule has 1 aliphatic carbocycles. The highest BCUT2D eigenvalue weighted by Gasteiger charge is 2.46. The molecule has 5 rings (SSSR count). The summed E-state index contributed by atoms with van der Waals surface area (Å²) in [6, 6.07) is 14.2. The van der Waals surface area contributed by atoms with Crippen molar-refractivity contribution in [3.8, 4) is 11.1 Å². The molecule has 0 bridgehead atoms. The molecular weight excluding hydrogens is 506 g/mol. The Morgan fingerprint density at radius 2 is 1.05 bits per heavy atom. The van der Waals surface area contributed by atoms with Gasteiger partial charge in [0.2, 0.25) is 0 Å². The van der Waals surface area contributed by atoms with Crippen molar-refractivity contribution in [1.29, 1.82) is 0 Å². The maximum atomic E-state index is 6.12. The first-order valence-electron chi connectivity index (χ1n) is 16.9. The molecule has 0 N–H and O–H groups in total. The van der Waals surface area contributed by atoms with Crippen molar-refractivity contribution in [2.45, 2.75) is 110 Å². The summed E-state index contributed by atoms with van der Waals surface area (Å²) in [6.07, 6.45) is 14.5. The van der Waals surface area contributed by atoms with Crippen LogP contribution in [0, 0.1) is 11.8 Å². The van der Waals surface area contributed by atoms with Crippen LogP contribution in [-0.4, -0.2) is 40.7 Å². The van der Waals surface area contributed by atoms with Gasteiger partial charge in [0.05, 0.1) is 0 Å². The molecule has 2 heterocycles. The highest BCUT2D eigenvalue weighted by atomic mass is 16.6. The van der Waals surface area contributed by atoms with Crippen LogP contribution in [-0.2, 0) is 24.0 Å². The van der Waals surface area contributed by atoms with Crippen molar-refractivity contribution < 1.29 is 18.6 Å². The average Bonchev–Trinajstić information content (AvgIpc) is 3.30. The topological polar surface area (TPSA) is 36.9 Å². The number of hydrogen-bond donors (Lipinski definition) is 0. The third-order valence-corrected chi connectivity index (χ3v) is 9.97. The zero-order valence-corrected chi connectivity index (χ0v) is 26.2. The molecule has 0 unspecified atom stereocenters. The van der Waals surface area contributed by atoms with E-state index in [-0.39, 0.29) is 19.7 Å². The maximum Gasteiger partial charge on any atom is 0.493 e. The van der Waals surface area contributed by atoms with E-state index in [1.165, 1.54) is 97.4 Å². The lowest BCUT2D eigenvalue weighted by molar-refractivity contribution is 0.143. The lowest BCUT2D eigenvalue weighted by atomic mass is 9.63. The monoisotopic (exact) mass is 558 g/mol. The quantitative estimate of drug-likeness (QED) is 0.226. The van der Waals surface area contributed by atoms with E-state index in [0.717, 1.165) is 39.3 Å². The van der Waals surface area contributed by atoms with Crippen molar-refractivity contribution in [3.05, 3.63) is 47.5 Å². The van der Waals surface area contributed by atoms with Crippen LogP contribution in [0.1, 0.15) is 116 Å². The number of unbranched alkanes of at least 4 members (excludes halogenated alkanes) is 2. The first-order valence-corrected chi connectivity index (χ1v) is 16.9. The molecule has 0 spiro atoms. The van der Waals surface area contributed by atoms with Gasteiger partial charge in [0, 0.05) is 31.8 Å². The normalized spacial score (nSPS) is 19.6. The predicted octanol–water partition coefficient (Wildman–Crippen LogP) is 7.43. The van der Waals surface area contributed by atoms with Gasteiger partial charge in [0.15, 0.2) is 0 Å². The Morgan fingerprint density at radius 1 is 0.634 bits per heavy atom. The third kappa shape index (κ3) is 6.82. The Balaban J connectivity index is 1.65. The minimum absolute atomic E-state index is 0.0388. The van der Waals surface area contributed by atoms with E-state index in [4.69, 9.17) is 18.6 Å². The van der Waals surface area contributed by atoms with Crippen LogP contribution >= 0.6 is 0 Å². The highest BCUT2D eigenvalue weighted by molar-refractivity contribution is 6.62. The standard InChI is InChI=1S/C35H52B2O4/c1-5-9-13-27(7-3)25-35(26-28(8-4)14-10-6-2)33-23-29(36-38-19-11-20-39-36)15-17-31(33)32-18-16-30(24-34(32)35)37-40-21-12-22-41-37/h15-18,23-24,27-28H,5-14,19-22,25-26H2,1-4H3/t27-,28-/m1/s1. The first kappa shape index (κ1) is 30.9. The summed E-state index contributed by atoms with van der Waals surface area (Å²) in [5.74, 6) is 1.38. The Labute approximate surface area is 250 Å². The van der Waals surface area contributed by atoms with Crippen LogP contribution in [0.25, 0.3) is 11.1 Å². The Bertz CT molecular complexity index is 1020. The molecule has 2 saturated heterocycles. The lowest BCUT2D eigenvalue weighted by Crippen LogP contribution is -2.42. The maximum absolute atomic E-state index is 6.12. The molecule has 0 radical (unpaired) electrons. The van der Waals surface area contributed by atoms with Crippen molar-refractivity contribution in [1.82, 2.24) is 0 Å². The van der Waals surface area contributed by atoms with Gasteiger partial charge in [-0.1, -0.05) is 115 Å². The van der Waals surface area contributed by atoms with Gasteiger partial charge in [-0.15, -0.1) is 0 Å². The summed E-state index contributed by atoms with van der Waals surface area (Å²) < 4.78 is 24.5. The molecule has 41 heavy (non-hydrogen) atoms. The molecular formula is C35H52B2O4. The molecule has 2 aromatic carbocycles. The molecule has 2 atom stereocenters. The molecule has 0 amide bonds. The van der Waals surface area contributed by atoms with Gasteiger partial charge >= 0.3 is 14.2 Å². The molecule has 0 aromatic heterocycles. The van der Waals surface area contributed by atoms with E-state index in [1.54, 1.807) is 0 Å². The number of benzene rings is 2. The molecule has 0 saturated carbocycles. The predicted molar refractivity (Wildman–Crippen MR) is 172 cm³/mol. The fourth-order valence-corrected chi connectivity index (χ4v) is 7.58. The largest absolute Gasteiger partial charge is 0.493 e. The molecule has 6 heteroatoms. The van der Waals surface area contributed by atoms with E-state index < -0.39 is 0 Å². The van der Waals surface area contributed by atoms with Gasteiger partial charge in [0.1, 0.15) is 0 Å². The van der Waals surface area contributed by atoms with E-state index in [1.807, 2.05) is 0 Å². The zero-order chi connectivity index (χ0) is 28.7. The van der Waals surface area contributed by atoms with Crippen molar-refractivity contribution in [2.75, 3.05) is 26.4 Å². The van der Waals surface area contributed by atoms with Crippen molar-refractivity contribution in [3.63, 3.8) is 0 Å². The van der Waals surface area contributed by atoms with Gasteiger partial charge in [-0.25, -0.2) is 0 Å². The highest BCUT2D eigenvalue weighted by Crippen LogP contribution is 2.56. The second-order valence-corrected chi connectivity index (χ2v) is 12.8. The third-order valence-electron chi connectivity index (χ3n) is 9.97. The Morgan fingerprint density at radius 3 is 1.41 bits per heavy atom. The van der Waals surface area contributed by atoms with E-state index in [0.29, 0.717) is 11.8 Å². The summed E-state index contributed by atoms with van der Waals surface area (Å²) in [5, 5.41) is 0. The SMILES string of the molecule is CCCC[C@@H](CC)CC1(C[C@H](CC)CCCC)c2cc(B3OCCCO3)ccc2-c2ccc(B3OCCCO3)cc21. The molecule has 3 aliphatic rings. The van der Waals surface area contributed by atoms with E-state index in [2.05, 4.69) is 64.1 Å². The molecule has 2 fully saturated rings. The summed E-state index contributed by atoms with van der Waals surface area (Å²) >= 11 is 0.